The zero-order valence-electron chi connectivity index (χ0n) is 11.5. The zero-order chi connectivity index (χ0) is 15.0. The third kappa shape index (κ3) is 3.15. The highest BCUT2D eigenvalue weighted by molar-refractivity contribution is 7.98. The first-order chi connectivity index (χ1) is 10.0. The van der Waals surface area contributed by atoms with E-state index in [9.17, 15) is 0 Å². The molecule has 0 saturated heterocycles. The summed E-state index contributed by atoms with van der Waals surface area (Å²) in [6.45, 7) is 3.93. The molecular formula is C14H12Cl2N4S. The Morgan fingerprint density at radius 3 is 2.71 bits per heavy atom. The van der Waals surface area contributed by atoms with E-state index in [0.29, 0.717) is 26.7 Å². The first-order valence-electron chi connectivity index (χ1n) is 6.30. The van der Waals surface area contributed by atoms with Crippen molar-refractivity contribution in [1.82, 2.24) is 19.6 Å². The molecule has 0 spiro atoms. The summed E-state index contributed by atoms with van der Waals surface area (Å²) in [6, 6.07) is 7.47. The molecule has 0 aliphatic heterocycles. The fraction of sp³-hybridized carbons (Fsp3) is 0.214. The summed E-state index contributed by atoms with van der Waals surface area (Å²) in [5.41, 5.74) is 2.96. The van der Waals surface area contributed by atoms with Crippen molar-refractivity contribution in [3.05, 3.63) is 51.3 Å². The molecule has 0 saturated carbocycles. The van der Waals surface area contributed by atoms with Crippen molar-refractivity contribution in [3.63, 3.8) is 0 Å². The maximum Gasteiger partial charge on any atom is 0.253 e. The van der Waals surface area contributed by atoms with Crippen molar-refractivity contribution in [2.24, 2.45) is 0 Å². The normalized spacial score (nSPS) is 11.2. The predicted octanol–water partition coefficient (Wildman–Crippen LogP) is 4.34. The van der Waals surface area contributed by atoms with Crippen molar-refractivity contribution in [1.29, 1.82) is 0 Å². The topological polar surface area (TPSA) is 43.1 Å². The average Bonchev–Trinajstić information content (AvgIpc) is 2.81. The molecule has 0 N–H and O–H groups in total. The first kappa shape index (κ1) is 14.6. The SMILES string of the molecule is Cc1cc(C)n2nc(SCc3ccc(Cl)cc3Cl)nc2n1. The number of nitrogens with zero attached hydrogens (tertiary/aromatic N) is 4. The van der Waals surface area contributed by atoms with E-state index in [2.05, 4.69) is 15.1 Å². The Morgan fingerprint density at radius 2 is 1.95 bits per heavy atom. The minimum absolute atomic E-state index is 0.622. The van der Waals surface area contributed by atoms with Crippen LogP contribution in [0.4, 0.5) is 0 Å². The van der Waals surface area contributed by atoms with Gasteiger partial charge >= 0.3 is 0 Å². The van der Waals surface area contributed by atoms with Gasteiger partial charge in [-0.25, -0.2) is 9.50 Å². The molecule has 3 rings (SSSR count). The summed E-state index contributed by atoms with van der Waals surface area (Å²) in [4.78, 5) is 8.81. The number of hydrogen-bond donors (Lipinski definition) is 0. The Kier molecular flexibility index (Phi) is 4.06. The summed E-state index contributed by atoms with van der Waals surface area (Å²) in [5, 5.41) is 6.43. The molecule has 3 aromatic rings. The minimum atomic E-state index is 0.622. The van der Waals surface area contributed by atoms with E-state index >= 15 is 0 Å². The highest BCUT2D eigenvalue weighted by Gasteiger charge is 2.09. The Hall–Kier alpha value is -1.30. The van der Waals surface area contributed by atoms with Crippen molar-refractivity contribution in [2.45, 2.75) is 24.8 Å². The van der Waals surface area contributed by atoms with Crippen LogP contribution in [0.25, 0.3) is 5.78 Å². The molecule has 0 fully saturated rings. The standard InChI is InChI=1S/C14H12Cl2N4S/c1-8-5-9(2)20-13(17-8)18-14(19-20)21-7-10-3-4-11(15)6-12(10)16/h3-6H,7H2,1-2H3. The van der Waals surface area contributed by atoms with Crippen molar-refractivity contribution >= 4 is 40.7 Å². The molecule has 1 aromatic carbocycles. The van der Waals surface area contributed by atoms with Crippen LogP contribution >= 0.6 is 35.0 Å². The lowest BCUT2D eigenvalue weighted by atomic mass is 10.2. The molecule has 4 nitrogen and oxygen atoms in total. The van der Waals surface area contributed by atoms with Gasteiger partial charge in [0.2, 0.25) is 5.16 Å². The predicted molar refractivity (Wildman–Crippen MR) is 86.3 cm³/mol. The number of thioether (sulfide) groups is 1. The fourth-order valence-corrected chi connectivity index (χ4v) is 3.37. The molecule has 108 valence electrons. The number of fused-ring (bicyclic) bond motifs is 1. The first-order valence-corrected chi connectivity index (χ1v) is 8.05. The van der Waals surface area contributed by atoms with Crippen LogP contribution in [0, 0.1) is 13.8 Å². The van der Waals surface area contributed by atoms with E-state index in [-0.39, 0.29) is 0 Å². The van der Waals surface area contributed by atoms with Crippen LogP contribution in [-0.4, -0.2) is 19.6 Å². The lowest BCUT2D eigenvalue weighted by Crippen LogP contribution is -1.97. The molecular weight excluding hydrogens is 327 g/mol. The minimum Gasteiger partial charge on any atom is -0.216 e. The van der Waals surface area contributed by atoms with Gasteiger partial charge in [-0.1, -0.05) is 41.0 Å². The van der Waals surface area contributed by atoms with Gasteiger partial charge in [0.25, 0.3) is 5.78 Å². The van der Waals surface area contributed by atoms with Crippen LogP contribution in [0.2, 0.25) is 10.0 Å². The van der Waals surface area contributed by atoms with Gasteiger partial charge in [0.05, 0.1) is 0 Å². The maximum absolute atomic E-state index is 6.16. The molecule has 0 unspecified atom stereocenters. The van der Waals surface area contributed by atoms with Crippen LogP contribution in [0.1, 0.15) is 17.0 Å². The maximum atomic E-state index is 6.16. The second-order valence-electron chi connectivity index (χ2n) is 4.67. The third-order valence-electron chi connectivity index (χ3n) is 2.97. The monoisotopic (exact) mass is 338 g/mol. The van der Waals surface area contributed by atoms with Crippen LogP contribution in [0.3, 0.4) is 0 Å². The molecule has 0 aliphatic carbocycles. The molecule has 0 aliphatic rings. The largest absolute Gasteiger partial charge is 0.253 e. The summed E-state index contributed by atoms with van der Waals surface area (Å²) < 4.78 is 1.75. The van der Waals surface area contributed by atoms with Crippen LogP contribution < -0.4 is 0 Å². The fourth-order valence-electron chi connectivity index (χ4n) is 1.99. The number of hydrogen-bond acceptors (Lipinski definition) is 4. The number of rotatable bonds is 3. The Balaban J connectivity index is 1.83. The van der Waals surface area contributed by atoms with Crippen molar-refractivity contribution in [2.75, 3.05) is 0 Å². The van der Waals surface area contributed by atoms with E-state index in [4.69, 9.17) is 23.2 Å². The smallest absolute Gasteiger partial charge is 0.216 e. The van der Waals surface area contributed by atoms with Gasteiger partial charge in [-0.2, -0.15) is 4.98 Å². The van der Waals surface area contributed by atoms with Gasteiger partial charge < -0.3 is 0 Å². The quantitative estimate of drug-likeness (QED) is 0.666. The number of aryl methyl sites for hydroxylation is 2. The second-order valence-corrected chi connectivity index (χ2v) is 6.46. The second kappa shape index (κ2) is 5.83. The van der Waals surface area contributed by atoms with Crippen molar-refractivity contribution < 1.29 is 0 Å². The number of benzene rings is 1. The number of halogens is 2. The van der Waals surface area contributed by atoms with Gasteiger partial charge in [0, 0.05) is 27.2 Å². The van der Waals surface area contributed by atoms with E-state index in [0.717, 1.165) is 17.0 Å². The Labute approximate surface area is 136 Å². The summed E-state index contributed by atoms with van der Waals surface area (Å²) in [5.74, 6) is 1.31. The lowest BCUT2D eigenvalue weighted by Gasteiger charge is -2.02. The highest BCUT2D eigenvalue weighted by Crippen LogP contribution is 2.27. The average molecular weight is 339 g/mol. The Bertz CT molecular complexity index is 816. The van der Waals surface area contributed by atoms with E-state index in [1.807, 2.05) is 32.0 Å². The van der Waals surface area contributed by atoms with Crippen molar-refractivity contribution in [3.8, 4) is 0 Å². The van der Waals surface area contributed by atoms with Gasteiger partial charge in [0.15, 0.2) is 0 Å². The summed E-state index contributed by atoms with van der Waals surface area (Å²) in [7, 11) is 0. The summed E-state index contributed by atoms with van der Waals surface area (Å²) in [6.07, 6.45) is 0. The lowest BCUT2D eigenvalue weighted by molar-refractivity contribution is 0.843. The van der Waals surface area contributed by atoms with Gasteiger partial charge in [-0.15, -0.1) is 5.10 Å². The van der Waals surface area contributed by atoms with Gasteiger partial charge in [-0.05, 0) is 37.6 Å². The van der Waals surface area contributed by atoms with Gasteiger partial charge in [0.1, 0.15) is 0 Å². The van der Waals surface area contributed by atoms with Crippen LogP contribution in [-0.2, 0) is 5.75 Å². The van der Waals surface area contributed by atoms with E-state index in [1.54, 1.807) is 10.6 Å². The molecule has 0 radical (unpaired) electrons. The molecule has 2 heterocycles. The third-order valence-corrected chi connectivity index (χ3v) is 4.44. The highest BCUT2D eigenvalue weighted by atomic mass is 35.5. The molecule has 7 heteroatoms. The molecule has 2 aromatic heterocycles. The van der Waals surface area contributed by atoms with E-state index in [1.165, 1.54) is 11.8 Å². The summed E-state index contributed by atoms with van der Waals surface area (Å²) >= 11 is 13.6. The number of aromatic nitrogens is 4. The molecule has 0 bridgehead atoms. The zero-order valence-corrected chi connectivity index (χ0v) is 13.8. The van der Waals surface area contributed by atoms with Crippen LogP contribution in [0.15, 0.2) is 29.4 Å². The molecule has 21 heavy (non-hydrogen) atoms. The molecule has 0 atom stereocenters. The van der Waals surface area contributed by atoms with Gasteiger partial charge in [-0.3, -0.25) is 0 Å². The van der Waals surface area contributed by atoms with E-state index < -0.39 is 0 Å². The molecule has 0 amide bonds. The van der Waals surface area contributed by atoms with Crippen LogP contribution in [0.5, 0.6) is 0 Å². The Morgan fingerprint density at radius 1 is 1.14 bits per heavy atom.